The average Bonchev–Trinajstić information content (AvgIpc) is 2.78. The number of rotatable bonds is 5. The first-order valence-electron chi connectivity index (χ1n) is 9.60. The zero-order valence-electron chi connectivity index (χ0n) is 17.4. The molecule has 0 aliphatic carbocycles. The minimum atomic E-state index is -0.836. The van der Waals surface area contributed by atoms with Crippen molar-refractivity contribution >= 4 is 39.1 Å². The number of benzene rings is 2. The number of halogens is 2. The Balaban J connectivity index is 0.00000289. The molecule has 4 rings (SSSR count). The summed E-state index contributed by atoms with van der Waals surface area (Å²) >= 11 is 3.42. The van der Waals surface area contributed by atoms with E-state index in [4.69, 9.17) is 9.47 Å². The zero-order chi connectivity index (χ0) is 22.0. The van der Waals surface area contributed by atoms with Gasteiger partial charge in [-0.2, -0.15) is 4.57 Å². The predicted octanol–water partition coefficient (Wildman–Crippen LogP) is 0.484. The van der Waals surface area contributed by atoms with Crippen molar-refractivity contribution in [3.05, 3.63) is 77.0 Å². The van der Waals surface area contributed by atoms with E-state index in [1.54, 1.807) is 29.9 Å². The minimum Gasteiger partial charge on any atom is -1.00 e. The standard InChI is InChI=1S/C23H20BrN3O4.HI/c1-30-19-11-8-16(13-20(19)31-2)25-23(29)22-18-5-3-4-12-26(18)14-21(28)27(22)17-9-6-15(24)7-10-17;/h3-13,22H,14H2,1-2H3;1H. The molecule has 9 heteroatoms. The average molecular weight is 610 g/mol. The SMILES string of the molecule is COc1ccc(NC(=O)C2c3cccc[n+]3CC(=O)N2c2ccc(Br)cc2)cc1OC.[I-]. The Hall–Kier alpha value is -2.66. The van der Waals surface area contributed by atoms with Crippen LogP contribution in [0.3, 0.4) is 0 Å². The van der Waals surface area contributed by atoms with Gasteiger partial charge in [0, 0.05) is 34.0 Å². The zero-order valence-corrected chi connectivity index (χ0v) is 21.2. The van der Waals surface area contributed by atoms with Gasteiger partial charge < -0.3 is 38.8 Å². The van der Waals surface area contributed by atoms with Crippen LogP contribution in [0.2, 0.25) is 0 Å². The monoisotopic (exact) mass is 609 g/mol. The van der Waals surface area contributed by atoms with Crippen molar-refractivity contribution in [1.82, 2.24) is 0 Å². The maximum atomic E-state index is 13.5. The fraction of sp³-hybridized carbons (Fsp3) is 0.174. The van der Waals surface area contributed by atoms with Gasteiger partial charge in [0.1, 0.15) is 0 Å². The van der Waals surface area contributed by atoms with Crippen molar-refractivity contribution in [3.63, 3.8) is 0 Å². The lowest BCUT2D eigenvalue weighted by Gasteiger charge is -2.32. The van der Waals surface area contributed by atoms with Crippen molar-refractivity contribution < 1.29 is 47.6 Å². The van der Waals surface area contributed by atoms with Gasteiger partial charge in [-0.3, -0.25) is 14.5 Å². The molecule has 2 heterocycles. The molecule has 166 valence electrons. The number of nitrogens with zero attached hydrogens (tertiary/aromatic N) is 2. The molecule has 32 heavy (non-hydrogen) atoms. The molecule has 0 saturated heterocycles. The number of ether oxygens (including phenoxy) is 2. The van der Waals surface area contributed by atoms with E-state index in [9.17, 15) is 9.59 Å². The summed E-state index contributed by atoms with van der Waals surface area (Å²) in [7, 11) is 3.08. The van der Waals surface area contributed by atoms with Crippen LogP contribution in [0.15, 0.2) is 71.3 Å². The summed E-state index contributed by atoms with van der Waals surface area (Å²) in [4.78, 5) is 28.1. The van der Waals surface area contributed by atoms with E-state index in [0.29, 0.717) is 22.9 Å². The van der Waals surface area contributed by atoms with E-state index in [2.05, 4.69) is 21.2 Å². The fourth-order valence-corrected chi connectivity index (χ4v) is 3.92. The van der Waals surface area contributed by atoms with Crippen LogP contribution in [0.25, 0.3) is 0 Å². The van der Waals surface area contributed by atoms with Gasteiger partial charge in [-0.1, -0.05) is 22.0 Å². The molecule has 0 bridgehead atoms. The Morgan fingerprint density at radius 3 is 2.47 bits per heavy atom. The third-order valence-electron chi connectivity index (χ3n) is 5.09. The summed E-state index contributed by atoms with van der Waals surface area (Å²) in [5, 5.41) is 2.92. The first kappa shape index (κ1) is 24.0. The number of anilines is 2. The molecule has 1 N–H and O–H groups in total. The molecular formula is C23H21BrIN3O4. The lowest BCUT2D eigenvalue weighted by molar-refractivity contribution is -0.695. The molecule has 1 aliphatic rings. The third-order valence-corrected chi connectivity index (χ3v) is 5.62. The molecule has 0 radical (unpaired) electrons. The number of hydrogen-bond donors (Lipinski definition) is 1. The highest BCUT2D eigenvalue weighted by Crippen LogP contribution is 2.33. The van der Waals surface area contributed by atoms with Gasteiger partial charge in [0.2, 0.25) is 18.3 Å². The van der Waals surface area contributed by atoms with Crippen LogP contribution >= 0.6 is 15.9 Å². The Labute approximate surface area is 211 Å². The maximum Gasteiger partial charge on any atom is 0.294 e. The van der Waals surface area contributed by atoms with Gasteiger partial charge in [-0.25, -0.2) is 0 Å². The normalized spacial score (nSPS) is 14.8. The first-order chi connectivity index (χ1) is 15.0. The van der Waals surface area contributed by atoms with Gasteiger partial charge >= 0.3 is 0 Å². The Kier molecular flexibility index (Phi) is 7.73. The molecule has 7 nitrogen and oxygen atoms in total. The predicted molar refractivity (Wildman–Crippen MR) is 119 cm³/mol. The molecule has 0 spiro atoms. The van der Waals surface area contributed by atoms with Crippen LogP contribution in [-0.4, -0.2) is 26.0 Å². The second kappa shape index (κ2) is 10.3. The number of carbonyl (C=O) groups is 2. The van der Waals surface area contributed by atoms with Gasteiger partial charge in [0.25, 0.3) is 11.8 Å². The summed E-state index contributed by atoms with van der Waals surface area (Å²) in [5.41, 5.74) is 1.91. The van der Waals surface area contributed by atoms with E-state index in [0.717, 1.165) is 10.2 Å². The molecule has 3 aromatic rings. The summed E-state index contributed by atoms with van der Waals surface area (Å²) in [6, 6.07) is 17.2. The molecule has 1 unspecified atom stereocenters. The number of amides is 2. The Bertz CT molecular complexity index is 1140. The molecule has 2 amide bonds. The molecule has 1 aromatic heterocycles. The highest BCUT2D eigenvalue weighted by Gasteiger charge is 2.43. The van der Waals surface area contributed by atoms with Crippen LogP contribution in [0.5, 0.6) is 11.5 Å². The van der Waals surface area contributed by atoms with Crippen molar-refractivity contribution in [2.75, 3.05) is 24.4 Å². The number of fused-ring (bicyclic) bond motifs is 1. The second-order valence-corrected chi connectivity index (χ2v) is 7.87. The number of aromatic nitrogens is 1. The topological polar surface area (TPSA) is 71.8 Å². The van der Waals surface area contributed by atoms with Crippen LogP contribution < -0.4 is 48.2 Å². The second-order valence-electron chi connectivity index (χ2n) is 6.96. The quantitative estimate of drug-likeness (QED) is 0.338. The third kappa shape index (κ3) is 4.73. The van der Waals surface area contributed by atoms with E-state index >= 15 is 0 Å². The molecule has 0 fully saturated rings. The van der Waals surface area contributed by atoms with Gasteiger partial charge in [0.05, 0.1) is 14.2 Å². The largest absolute Gasteiger partial charge is 1.00 e. The lowest BCUT2D eigenvalue weighted by atomic mass is 10.0. The lowest BCUT2D eigenvalue weighted by Crippen LogP contribution is -3.00. The summed E-state index contributed by atoms with van der Waals surface area (Å²) in [6.07, 6.45) is 1.81. The van der Waals surface area contributed by atoms with E-state index < -0.39 is 6.04 Å². The number of hydrogen-bond acceptors (Lipinski definition) is 4. The van der Waals surface area contributed by atoms with Crippen molar-refractivity contribution in [3.8, 4) is 11.5 Å². The highest BCUT2D eigenvalue weighted by molar-refractivity contribution is 9.10. The molecule has 0 saturated carbocycles. The summed E-state index contributed by atoms with van der Waals surface area (Å²) in [6.45, 7) is 0.159. The number of carbonyl (C=O) groups excluding carboxylic acids is 2. The Morgan fingerprint density at radius 1 is 1.06 bits per heavy atom. The smallest absolute Gasteiger partial charge is 0.294 e. The van der Waals surface area contributed by atoms with Crippen molar-refractivity contribution in [2.24, 2.45) is 0 Å². The van der Waals surface area contributed by atoms with E-state index in [-0.39, 0.29) is 42.3 Å². The van der Waals surface area contributed by atoms with E-state index in [1.165, 1.54) is 12.0 Å². The van der Waals surface area contributed by atoms with Crippen LogP contribution in [0.4, 0.5) is 11.4 Å². The van der Waals surface area contributed by atoms with Gasteiger partial charge in [-0.15, -0.1) is 0 Å². The first-order valence-corrected chi connectivity index (χ1v) is 10.4. The molecule has 1 atom stereocenters. The molecule has 2 aromatic carbocycles. The van der Waals surface area contributed by atoms with Crippen molar-refractivity contribution in [2.45, 2.75) is 12.6 Å². The van der Waals surface area contributed by atoms with E-state index in [1.807, 2.05) is 48.7 Å². The maximum absolute atomic E-state index is 13.5. The minimum absolute atomic E-state index is 0. The highest BCUT2D eigenvalue weighted by atomic mass is 127. The summed E-state index contributed by atoms with van der Waals surface area (Å²) < 4.78 is 13.3. The van der Waals surface area contributed by atoms with Crippen molar-refractivity contribution in [1.29, 1.82) is 0 Å². The number of nitrogens with one attached hydrogen (secondary N) is 1. The van der Waals surface area contributed by atoms with Gasteiger partial charge in [-0.05, 0) is 36.4 Å². The van der Waals surface area contributed by atoms with Gasteiger partial charge in [0.15, 0.2) is 17.7 Å². The number of methoxy groups -OCH3 is 2. The fourth-order valence-electron chi connectivity index (χ4n) is 3.65. The van der Waals surface area contributed by atoms with Crippen LogP contribution in [0.1, 0.15) is 11.7 Å². The number of pyridine rings is 1. The van der Waals surface area contributed by atoms with Crippen LogP contribution in [0, 0.1) is 0 Å². The summed E-state index contributed by atoms with van der Waals surface area (Å²) in [5.74, 6) is 0.562. The molecular weight excluding hydrogens is 589 g/mol. The van der Waals surface area contributed by atoms with Crippen LogP contribution in [-0.2, 0) is 16.1 Å². The Morgan fingerprint density at radius 2 is 1.78 bits per heavy atom. The molecule has 1 aliphatic heterocycles.